The highest BCUT2D eigenvalue weighted by atomic mass is 16.6. The van der Waals surface area contributed by atoms with Gasteiger partial charge in [0.05, 0.1) is 23.8 Å². The molecule has 10 nitrogen and oxygen atoms in total. The molecule has 0 radical (unpaired) electrons. The van der Waals surface area contributed by atoms with Gasteiger partial charge < -0.3 is 19.4 Å². The summed E-state index contributed by atoms with van der Waals surface area (Å²) in [4.78, 5) is 36.3. The third-order valence-electron chi connectivity index (χ3n) is 7.38. The highest BCUT2D eigenvalue weighted by Gasteiger charge is 2.52. The Bertz CT molecular complexity index is 1510. The number of nitro groups is 1. The molecule has 4 aromatic rings. The van der Waals surface area contributed by atoms with E-state index in [9.17, 15) is 14.9 Å². The molecule has 194 valence electrons. The lowest BCUT2D eigenvalue weighted by molar-refractivity contribution is -0.384. The van der Waals surface area contributed by atoms with E-state index in [-0.39, 0.29) is 22.5 Å². The van der Waals surface area contributed by atoms with Crippen molar-refractivity contribution >= 4 is 28.4 Å². The number of carbonyl (C=O) groups is 1. The molecule has 1 saturated carbocycles. The smallest absolute Gasteiger partial charge is 0.341 e. The first kappa shape index (κ1) is 23.9. The number of fused-ring (bicyclic) bond motifs is 1. The van der Waals surface area contributed by atoms with Crippen molar-refractivity contribution in [3.63, 3.8) is 0 Å². The molecule has 1 aliphatic heterocycles. The number of methoxy groups -OCH3 is 1. The van der Waals surface area contributed by atoms with Gasteiger partial charge in [-0.1, -0.05) is 30.3 Å². The molecule has 2 aromatic heterocycles. The van der Waals surface area contributed by atoms with Crippen molar-refractivity contribution < 1.29 is 19.2 Å². The molecule has 0 amide bonds. The third kappa shape index (κ3) is 4.43. The van der Waals surface area contributed by atoms with Gasteiger partial charge in [-0.3, -0.25) is 15.0 Å². The number of anilines is 1. The molecule has 0 unspecified atom stereocenters. The minimum Gasteiger partial charge on any atom is -0.465 e. The topological polar surface area (TPSA) is 114 Å². The van der Waals surface area contributed by atoms with Crippen LogP contribution in [0, 0.1) is 10.1 Å². The zero-order chi connectivity index (χ0) is 26.3. The summed E-state index contributed by atoms with van der Waals surface area (Å²) in [6, 6.07) is 16.9. The Morgan fingerprint density at radius 2 is 1.97 bits per heavy atom. The summed E-state index contributed by atoms with van der Waals surface area (Å²) >= 11 is 0. The van der Waals surface area contributed by atoms with Gasteiger partial charge in [0.25, 0.3) is 5.69 Å². The van der Waals surface area contributed by atoms with Crippen molar-refractivity contribution in [2.45, 2.75) is 24.9 Å². The number of aromatic amines is 1. The first-order valence-electron chi connectivity index (χ1n) is 12.5. The van der Waals surface area contributed by atoms with Crippen molar-refractivity contribution in [2.24, 2.45) is 0 Å². The third-order valence-corrected chi connectivity index (χ3v) is 7.38. The fourth-order valence-corrected chi connectivity index (χ4v) is 5.36. The number of pyridine rings is 1. The van der Waals surface area contributed by atoms with Gasteiger partial charge in [-0.05, 0) is 30.5 Å². The lowest BCUT2D eigenvalue weighted by Crippen LogP contribution is -2.55. The Morgan fingerprint density at radius 1 is 1.16 bits per heavy atom. The number of piperazine rings is 1. The summed E-state index contributed by atoms with van der Waals surface area (Å²) in [5, 5.41) is 13.1. The normalized spacial score (nSPS) is 16.5. The number of carbonyl (C=O) groups excluding carboxylic acids is 1. The molecule has 2 aromatic carbocycles. The summed E-state index contributed by atoms with van der Waals surface area (Å²) < 4.78 is 11.1. The van der Waals surface area contributed by atoms with E-state index in [1.165, 1.54) is 18.7 Å². The molecule has 1 aliphatic carbocycles. The van der Waals surface area contributed by atoms with Crippen LogP contribution in [0.4, 0.5) is 11.4 Å². The van der Waals surface area contributed by atoms with Gasteiger partial charge in [0, 0.05) is 49.9 Å². The van der Waals surface area contributed by atoms with Gasteiger partial charge in [-0.2, -0.15) is 0 Å². The van der Waals surface area contributed by atoms with Gasteiger partial charge in [-0.25, -0.2) is 9.78 Å². The van der Waals surface area contributed by atoms with Crippen molar-refractivity contribution in [3.05, 3.63) is 88.2 Å². The number of nitrogens with one attached hydrogen (secondary N) is 1. The number of rotatable bonds is 7. The van der Waals surface area contributed by atoms with E-state index in [0.717, 1.165) is 37.9 Å². The number of nitro benzene ring substituents is 1. The highest BCUT2D eigenvalue weighted by Crippen LogP contribution is 2.50. The molecule has 3 heterocycles. The van der Waals surface area contributed by atoms with Gasteiger partial charge in [0.2, 0.25) is 0 Å². The van der Waals surface area contributed by atoms with Crippen LogP contribution in [0.5, 0.6) is 11.5 Å². The van der Waals surface area contributed by atoms with Gasteiger partial charge in [-0.15, -0.1) is 0 Å². The number of esters is 1. The van der Waals surface area contributed by atoms with Crippen LogP contribution in [-0.4, -0.2) is 58.0 Å². The minimum atomic E-state index is -0.709. The molecular weight excluding hydrogens is 486 g/mol. The molecule has 1 spiro atoms. The van der Waals surface area contributed by atoms with Gasteiger partial charge >= 0.3 is 5.97 Å². The largest absolute Gasteiger partial charge is 0.465 e. The molecule has 38 heavy (non-hydrogen) atoms. The standard InChI is InChI=1S/C28H27N5O5/c1-37-27(34)22-14-24(33(35)36)23(15-25(22)38-21-13-20-7-10-29-26(20)30-16-21)32-12-11-31(18-28(32)8-9-28)17-19-5-3-2-4-6-19/h2-7,10,13-16H,8-9,11-12,17-18H2,1H3,(H,29,30). The van der Waals surface area contributed by atoms with Crippen LogP contribution in [0.15, 0.2) is 67.0 Å². The summed E-state index contributed by atoms with van der Waals surface area (Å²) in [6.45, 7) is 3.03. The highest BCUT2D eigenvalue weighted by molar-refractivity contribution is 5.95. The van der Waals surface area contributed by atoms with Crippen LogP contribution in [0.25, 0.3) is 11.0 Å². The summed E-state index contributed by atoms with van der Waals surface area (Å²) in [6.07, 6.45) is 5.21. The summed E-state index contributed by atoms with van der Waals surface area (Å²) in [5.41, 5.74) is 2.07. The average Bonchev–Trinajstić information content (AvgIpc) is 3.51. The quantitative estimate of drug-likeness (QED) is 0.211. The van der Waals surface area contributed by atoms with Crippen molar-refractivity contribution in [1.82, 2.24) is 14.9 Å². The summed E-state index contributed by atoms with van der Waals surface area (Å²) in [7, 11) is 1.24. The monoisotopic (exact) mass is 513 g/mol. The second-order valence-corrected chi connectivity index (χ2v) is 9.85. The van der Waals surface area contributed by atoms with Crippen molar-refractivity contribution in [3.8, 4) is 11.5 Å². The maximum atomic E-state index is 12.6. The number of ether oxygens (including phenoxy) is 2. The maximum Gasteiger partial charge on any atom is 0.341 e. The molecule has 6 rings (SSSR count). The van der Waals surface area contributed by atoms with Crippen molar-refractivity contribution in [2.75, 3.05) is 31.6 Å². The van der Waals surface area contributed by atoms with Crippen LogP contribution in [0.2, 0.25) is 0 Å². The average molecular weight is 514 g/mol. The predicted octanol–water partition coefficient (Wildman–Crippen LogP) is 4.90. The van der Waals surface area contributed by atoms with E-state index < -0.39 is 10.9 Å². The zero-order valence-electron chi connectivity index (χ0n) is 20.9. The van der Waals surface area contributed by atoms with Crippen LogP contribution in [0.1, 0.15) is 28.8 Å². The van der Waals surface area contributed by atoms with E-state index in [4.69, 9.17) is 9.47 Å². The zero-order valence-corrected chi connectivity index (χ0v) is 20.9. The van der Waals surface area contributed by atoms with E-state index in [2.05, 4.69) is 31.9 Å². The number of H-pyrrole nitrogens is 1. The van der Waals surface area contributed by atoms with Crippen LogP contribution in [-0.2, 0) is 11.3 Å². The lowest BCUT2D eigenvalue weighted by atomic mass is 10.0. The van der Waals surface area contributed by atoms with E-state index >= 15 is 0 Å². The first-order chi connectivity index (χ1) is 18.5. The SMILES string of the molecule is COC(=O)c1cc([N+](=O)[O-])c(N2CCN(Cc3ccccc3)CC23CC3)cc1Oc1cnc2[nH]ccc2c1. The Labute approximate surface area is 218 Å². The number of nitrogens with zero attached hydrogens (tertiary/aromatic N) is 4. The van der Waals surface area contributed by atoms with Gasteiger partial charge in [0.1, 0.15) is 28.4 Å². The lowest BCUT2D eigenvalue weighted by Gasteiger charge is -2.43. The Balaban J connectivity index is 1.35. The molecule has 0 atom stereocenters. The Kier molecular flexibility index (Phi) is 5.96. The molecule has 2 fully saturated rings. The number of hydrogen-bond donors (Lipinski definition) is 1. The van der Waals surface area contributed by atoms with Crippen LogP contribution >= 0.6 is 0 Å². The fraction of sp³-hybridized carbons (Fsp3) is 0.286. The minimum absolute atomic E-state index is 0.00956. The van der Waals surface area contributed by atoms with E-state index in [1.54, 1.807) is 24.5 Å². The molecule has 0 bridgehead atoms. The summed E-state index contributed by atoms with van der Waals surface area (Å²) in [5.74, 6) is -0.105. The van der Waals surface area contributed by atoms with E-state index in [0.29, 0.717) is 23.6 Å². The second-order valence-electron chi connectivity index (χ2n) is 9.85. The van der Waals surface area contributed by atoms with Crippen LogP contribution < -0.4 is 9.64 Å². The van der Waals surface area contributed by atoms with Gasteiger partial charge in [0.15, 0.2) is 0 Å². The van der Waals surface area contributed by atoms with Crippen molar-refractivity contribution in [1.29, 1.82) is 0 Å². The molecule has 2 aliphatic rings. The molecule has 10 heteroatoms. The van der Waals surface area contributed by atoms with E-state index in [1.807, 2.05) is 24.3 Å². The molecule has 1 N–H and O–H groups in total. The molecule has 1 saturated heterocycles. The first-order valence-corrected chi connectivity index (χ1v) is 12.5. The fourth-order valence-electron chi connectivity index (χ4n) is 5.36. The Hall–Kier alpha value is -4.44. The maximum absolute atomic E-state index is 12.6. The Morgan fingerprint density at radius 3 is 2.71 bits per heavy atom. The predicted molar refractivity (Wildman–Crippen MR) is 142 cm³/mol. The number of benzene rings is 2. The number of aromatic nitrogens is 2. The molecular formula is C28H27N5O5. The second kappa shape index (κ2) is 9.46. The van der Waals surface area contributed by atoms with Crippen LogP contribution in [0.3, 0.4) is 0 Å². The number of hydrogen-bond acceptors (Lipinski definition) is 8.